The second-order valence-corrected chi connectivity index (χ2v) is 5.07. The number of aryl methyl sites for hydroxylation is 1. The molecule has 0 saturated carbocycles. The first-order valence-electron chi connectivity index (χ1n) is 4.20. The lowest BCUT2D eigenvalue weighted by Gasteiger charge is -2.35. The van der Waals surface area contributed by atoms with Gasteiger partial charge in [0.25, 0.3) is 10.0 Å². The normalized spacial score (nSPS) is 19.9. The van der Waals surface area contributed by atoms with Crippen molar-refractivity contribution in [1.29, 1.82) is 0 Å². The highest BCUT2D eigenvalue weighted by Gasteiger charge is 2.41. The minimum atomic E-state index is -3.83. The molecule has 0 amide bonds. The van der Waals surface area contributed by atoms with Gasteiger partial charge in [0.05, 0.1) is 18.9 Å². The number of hydrogen-bond donors (Lipinski definition) is 2. The van der Waals surface area contributed by atoms with Gasteiger partial charge < -0.3 is 9.84 Å². The smallest absolute Gasteiger partial charge is 0.257 e. The molecule has 15 heavy (non-hydrogen) atoms. The number of nitrogens with two attached hydrogens (primary N) is 1. The van der Waals surface area contributed by atoms with Crippen molar-refractivity contribution in [2.75, 3.05) is 13.2 Å². The molecule has 8 heteroatoms. The van der Waals surface area contributed by atoms with E-state index >= 15 is 0 Å². The van der Waals surface area contributed by atoms with Crippen LogP contribution in [0, 0.1) is 0 Å². The number of primary sulfonamides is 1. The summed E-state index contributed by atoms with van der Waals surface area (Å²) in [6, 6.07) is 1.26. The number of ether oxygens (including phenoxy) is 1. The van der Waals surface area contributed by atoms with E-state index in [1.807, 2.05) is 0 Å². The predicted octanol–water partition coefficient (Wildman–Crippen LogP) is -1.71. The highest BCUT2D eigenvalue weighted by atomic mass is 32.2. The van der Waals surface area contributed by atoms with Crippen molar-refractivity contribution in [3.63, 3.8) is 0 Å². The third-order valence-corrected chi connectivity index (χ3v) is 3.09. The Hall–Kier alpha value is -0.960. The summed E-state index contributed by atoms with van der Waals surface area (Å²) in [7, 11) is -2.29. The summed E-state index contributed by atoms with van der Waals surface area (Å²) in [5.74, 6) is 0. The van der Waals surface area contributed by atoms with Gasteiger partial charge in [0, 0.05) is 13.1 Å². The third kappa shape index (κ3) is 1.65. The maximum Gasteiger partial charge on any atom is 0.257 e. The number of aliphatic hydroxyl groups is 1. The molecule has 7 nitrogen and oxygen atoms in total. The Labute approximate surface area is 86.5 Å². The molecule has 0 unspecified atom stereocenters. The van der Waals surface area contributed by atoms with Crippen LogP contribution in [-0.4, -0.2) is 36.5 Å². The van der Waals surface area contributed by atoms with Gasteiger partial charge >= 0.3 is 0 Å². The molecular weight excluding hydrogens is 222 g/mol. The molecule has 1 saturated heterocycles. The van der Waals surface area contributed by atoms with Crippen LogP contribution in [0.1, 0.15) is 5.69 Å². The number of rotatable bonds is 2. The summed E-state index contributed by atoms with van der Waals surface area (Å²) in [4.78, 5) is 0. The lowest BCUT2D eigenvalue weighted by atomic mass is 9.98. The van der Waals surface area contributed by atoms with Crippen LogP contribution >= 0.6 is 0 Å². The molecule has 0 atom stereocenters. The molecule has 0 bridgehead atoms. The molecule has 84 valence electrons. The third-order valence-electron chi connectivity index (χ3n) is 2.31. The van der Waals surface area contributed by atoms with E-state index < -0.39 is 15.6 Å². The zero-order chi connectivity index (χ0) is 11.3. The fourth-order valence-corrected chi connectivity index (χ4v) is 1.97. The summed E-state index contributed by atoms with van der Waals surface area (Å²) in [5.41, 5.74) is -0.761. The summed E-state index contributed by atoms with van der Waals surface area (Å²) in [5, 5.41) is 18.3. The van der Waals surface area contributed by atoms with Crippen molar-refractivity contribution >= 4 is 10.0 Å². The molecule has 0 aliphatic carbocycles. The molecule has 3 N–H and O–H groups in total. The molecule has 0 radical (unpaired) electrons. The van der Waals surface area contributed by atoms with Gasteiger partial charge in [0.2, 0.25) is 0 Å². The second-order valence-electron chi connectivity index (χ2n) is 3.56. The Morgan fingerprint density at radius 2 is 2.27 bits per heavy atom. The van der Waals surface area contributed by atoms with Gasteiger partial charge in [-0.15, -0.1) is 0 Å². The van der Waals surface area contributed by atoms with Crippen LogP contribution in [0.4, 0.5) is 0 Å². The zero-order valence-electron chi connectivity index (χ0n) is 8.04. The SMILES string of the molecule is Cn1nc(S(N)(=O)=O)cc1C1(O)COC1. The molecule has 1 fully saturated rings. The Morgan fingerprint density at radius 1 is 1.67 bits per heavy atom. The number of nitrogens with zero attached hydrogens (tertiary/aromatic N) is 2. The van der Waals surface area contributed by atoms with Crippen molar-refractivity contribution in [3.05, 3.63) is 11.8 Å². The summed E-state index contributed by atoms with van der Waals surface area (Å²) < 4.78 is 28.2. The van der Waals surface area contributed by atoms with Gasteiger partial charge in [-0.1, -0.05) is 0 Å². The van der Waals surface area contributed by atoms with Crippen LogP contribution in [0.3, 0.4) is 0 Å². The van der Waals surface area contributed by atoms with Crippen molar-refractivity contribution in [1.82, 2.24) is 9.78 Å². The monoisotopic (exact) mass is 233 g/mol. The first kappa shape index (κ1) is 10.6. The van der Waals surface area contributed by atoms with Gasteiger partial charge in [-0.05, 0) is 0 Å². The predicted molar refractivity (Wildman–Crippen MR) is 49.3 cm³/mol. The minimum absolute atomic E-state index is 0.136. The molecule has 1 aromatic heterocycles. The Kier molecular flexibility index (Phi) is 2.12. The van der Waals surface area contributed by atoms with Crippen molar-refractivity contribution in [2.24, 2.45) is 12.2 Å². The van der Waals surface area contributed by atoms with Crippen molar-refractivity contribution < 1.29 is 18.3 Å². The molecule has 1 aliphatic heterocycles. The second kappa shape index (κ2) is 3.01. The molecule has 1 aliphatic rings. The first-order valence-corrected chi connectivity index (χ1v) is 5.75. The van der Waals surface area contributed by atoms with E-state index in [-0.39, 0.29) is 18.2 Å². The van der Waals surface area contributed by atoms with Gasteiger partial charge in [-0.25, -0.2) is 13.6 Å². The van der Waals surface area contributed by atoms with E-state index in [1.54, 1.807) is 7.05 Å². The molecular formula is C7H11N3O4S. The van der Waals surface area contributed by atoms with Gasteiger partial charge in [-0.2, -0.15) is 5.10 Å². The van der Waals surface area contributed by atoms with E-state index in [9.17, 15) is 13.5 Å². The van der Waals surface area contributed by atoms with Crippen LogP contribution < -0.4 is 5.14 Å². The minimum Gasteiger partial charge on any atom is -0.379 e. The van der Waals surface area contributed by atoms with Crippen LogP contribution in [0.25, 0.3) is 0 Å². The van der Waals surface area contributed by atoms with Gasteiger partial charge in [0.1, 0.15) is 0 Å². The lowest BCUT2D eigenvalue weighted by Crippen LogP contribution is -2.47. The average molecular weight is 233 g/mol. The highest BCUT2D eigenvalue weighted by molar-refractivity contribution is 7.89. The highest BCUT2D eigenvalue weighted by Crippen LogP contribution is 2.29. The van der Waals surface area contributed by atoms with E-state index in [1.165, 1.54) is 10.7 Å². The average Bonchev–Trinajstić information content (AvgIpc) is 2.42. The number of sulfonamides is 1. The van der Waals surface area contributed by atoms with E-state index in [4.69, 9.17) is 9.88 Å². The molecule has 2 rings (SSSR count). The molecule has 1 aromatic rings. The lowest BCUT2D eigenvalue weighted by molar-refractivity contribution is -0.188. The quantitative estimate of drug-likeness (QED) is 0.632. The van der Waals surface area contributed by atoms with Crippen LogP contribution in [-0.2, 0) is 27.4 Å². The molecule has 0 aromatic carbocycles. The fraction of sp³-hybridized carbons (Fsp3) is 0.571. The standard InChI is InChI=1S/C7H11N3O4S/c1-10-5(7(11)3-14-4-7)2-6(9-10)15(8,12)13/h2,11H,3-4H2,1H3,(H2,8,12,13). The summed E-state index contributed by atoms with van der Waals surface area (Å²) >= 11 is 0. The van der Waals surface area contributed by atoms with E-state index in [0.717, 1.165) is 0 Å². The van der Waals surface area contributed by atoms with Crippen molar-refractivity contribution in [2.45, 2.75) is 10.6 Å². The fourth-order valence-electron chi connectivity index (χ4n) is 1.46. The maximum absolute atomic E-state index is 11.0. The van der Waals surface area contributed by atoms with E-state index in [2.05, 4.69) is 5.10 Å². The van der Waals surface area contributed by atoms with E-state index in [0.29, 0.717) is 5.69 Å². The Morgan fingerprint density at radius 3 is 2.60 bits per heavy atom. The summed E-state index contributed by atoms with van der Waals surface area (Å²) in [6.45, 7) is 0.271. The number of hydrogen-bond acceptors (Lipinski definition) is 5. The Bertz CT molecular complexity index is 488. The first-order chi connectivity index (χ1) is 6.83. The van der Waals surface area contributed by atoms with Crippen LogP contribution in [0.2, 0.25) is 0 Å². The maximum atomic E-state index is 11.0. The van der Waals surface area contributed by atoms with Crippen molar-refractivity contribution in [3.8, 4) is 0 Å². The topological polar surface area (TPSA) is 107 Å². The zero-order valence-corrected chi connectivity index (χ0v) is 8.86. The molecule has 0 spiro atoms. The van der Waals surface area contributed by atoms with Crippen LogP contribution in [0.15, 0.2) is 11.1 Å². The Balaban J connectivity index is 2.47. The molecule has 2 heterocycles. The van der Waals surface area contributed by atoms with Gasteiger partial charge in [0.15, 0.2) is 10.6 Å². The summed E-state index contributed by atoms with van der Waals surface area (Å²) in [6.07, 6.45) is 0. The van der Waals surface area contributed by atoms with Gasteiger partial charge in [-0.3, -0.25) is 4.68 Å². The largest absolute Gasteiger partial charge is 0.379 e. The number of aromatic nitrogens is 2. The van der Waals surface area contributed by atoms with Crippen LogP contribution in [0.5, 0.6) is 0 Å².